The van der Waals surface area contributed by atoms with Gasteiger partial charge in [0.15, 0.2) is 0 Å². The van der Waals surface area contributed by atoms with Crippen LogP contribution in [0.15, 0.2) is 18.2 Å². The second-order valence-corrected chi connectivity index (χ2v) is 7.23. The summed E-state index contributed by atoms with van der Waals surface area (Å²) in [6.07, 6.45) is 3.15. The fraction of sp³-hybridized carbons (Fsp3) is 0.471. The van der Waals surface area contributed by atoms with Crippen LogP contribution in [0.3, 0.4) is 0 Å². The Labute approximate surface area is 163 Å². The van der Waals surface area contributed by atoms with Gasteiger partial charge in [-0.2, -0.15) is 0 Å². The van der Waals surface area contributed by atoms with Crippen LogP contribution in [0.5, 0.6) is 0 Å². The molecule has 1 N–H and O–H groups in total. The number of aldehydes is 1. The molecule has 25 heavy (non-hydrogen) atoms. The van der Waals surface area contributed by atoms with Gasteiger partial charge in [-0.05, 0) is 36.5 Å². The maximum Gasteiger partial charge on any atom is 0.255 e. The average Bonchev–Trinajstić information content (AvgIpc) is 2.95. The Kier molecular flexibility index (Phi) is 8.17. The van der Waals surface area contributed by atoms with Crippen LogP contribution < -0.4 is 5.32 Å². The van der Waals surface area contributed by atoms with Gasteiger partial charge in [0.25, 0.3) is 5.91 Å². The van der Waals surface area contributed by atoms with E-state index in [9.17, 15) is 14.4 Å². The first kappa shape index (κ1) is 20.2. The summed E-state index contributed by atoms with van der Waals surface area (Å²) in [5.41, 5.74) is 2.73. The highest BCUT2D eigenvalue weighted by Gasteiger charge is 2.35. The third-order valence-corrected chi connectivity index (χ3v) is 5.24. The van der Waals surface area contributed by atoms with Crippen LogP contribution in [0, 0.1) is 0 Å². The zero-order valence-corrected chi connectivity index (χ0v) is 17.0. The summed E-state index contributed by atoms with van der Waals surface area (Å²) in [4.78, 5) is 37.0. The van der Waals surface area contributed by atoms with E-state index >= 15 is 0 Å². The number of hydrogen-bond acceptors (Lipinski definition) is 5. The van der Waals surface area contributed by atoms with Crippen molar-refractivity contribution >= 4 is 48.5 Å². The van der Waals surface area contributed by atoms with Crippen LogP contribution in [0.4, 0.5) is 0 Å². The highest BCUT2D eigenvalue weighted by atomic mass is 127. The van der Waals surface area contributed by atoms with Crippen molar-refractivity contribution in [3.05, 3.63) is 34.9 Å². The summed E-state index contributed by atoms with van der Waals surface area (Å²) in [6, 6.07) is 5.21. The van der Waals surface area contributed by atoms with Crippen molar-refractivity contribution in [2.45, 2.75) is 38.3 Å². The lowest BCUT2D eigenvalue weighted by atomic mass is 10.0. The highest BCUT2D eigenvalue weighted by molar-refractivity contribution is 14.2. The SMILES string of the molecule is CNC(=O)C(CCC=O)N1Cc2cc(CCCOSI)ccc2C1=O. The molecule has 1 aliphatic heterocycles. The summed E-state index contributed by atoms with van der Waals surface area (Å²) in [6.45, 7) is 1.08. The number of halogens is 1. The van der Waals surface area contributed by atoms with Crippen LogP contribution in [0.1, 0.15) is 40.7 Å². The fourth-order valence-electron chi connectivity index (χ4n) is 2.99. The zero-order chi connectivity index (χ0) is 18.2. The first-order chi connectivity index (χ1) is 12.1. The molecule has 0 aliphatic carbocycles. The molecule has 0 fully saturated rings. The van der Waals surface area contributed by atoms with Gasteiger partial charge in [-0.15, -0.1) is 0 Å². The minimum absolute atomic E-state index is 0.148. The van der Waals surface area contributed by atoms with E-state index in [0.29, 0.717) is 25.1 Å². The van der Waals surface area contributed by atoms with E-state index < -0.39 is 6.04 Å². The number of carbonyl (C=O) groups is 3. The van der Waals surface area contributed by atoms with Crippen molar-refractivity contribution in [3.8, 4) is 0 Å². The summed E-state index contributed by atoms with van der Waals surface area (Å²) in [5.74, 6) is -0.387. The molecule has 6 nitrogen and oxygen atoms in total. The Morgan fingerprint density at radius 2 is 2.32 bits per heavy atom. The van der Waals surface area contributed by atoms with E-state index in [1.165, 1.54) is 16.3 Å². The Morgan fingerprint density at radius 1 is 1.52 bits per heavy atom. The molecule has 0 saturated carbocycles. The monoisotopic (exact) mass is 476 g/mol. The van der Waals surface area contributed by atoms with Gasteiger partial charge in [0.2, 0.25) is 5.91 Å². The lowest BCUT2D eigenvalue weighted by molar-refractivity contribution is -0.125. The number of benzene rings is 1. The van der Waals surface area contributed by atoms with Crippen LogP contribution in [-0.2, 0) is 26.7 Å². The van der Waals surface area contributed by atoms with Crippen molar-refractivity contribution in [2.24, 2.45) is 0 Å². The normalized spacial score (nSPS) is 14.3. The minimum atomic E-state index is -0.618. The molecule has 1 aromatic carbocycles. The van der Waals surface area contributed by atoms with Gasteiger partial charge in [0.1, 0.15) is 12.3 Å². The standard InChI is InChI=1S/C17H21IN2O4S/c1-19-16(22)15(5-2-8-21)20-11-13-10-12(4-3-9-24-25-18)6-7-14(13)17(20)23/h6-8,10,15H,2-5,9,11H2,1H3,(H,19,22). The molecular weight excluding hydrogens is 455 g/mol. The van der Waals surface area contributed by atoms with E-state index in [2.05, 4.69) is 26.5 Å². The van der Waals surface area contributed by atoms with Gasteiger partial charge >= 0.3 is 0 Å². The molecule has 0 saturated heterocycles. The second-order valence-electron chi connectivity index (χ2n) is 5.79. The summed E-state index contributed by atoms with van der Waals surface area (Å²) < 4.78 is 5.26. The van der Waals surface area contributed by atoms with Gasteiger partial charge in [0.05, 0.1) is 15.8 Å². The molecule has 1 heterocycles. The summed E-state index contributed by atoms with van der Waals surface area (Å²) >= 11 is 2.09. The summed E-state index contributed by atoms with van der Waals surface area (Å²) in [7, 11) is 2.87. The zero-order valence-electron chi connectivity index (χ0n) is 14.0. The molecule has 2 amide bonds. The maximum atomic E-state index is 12.7. The number of aryl methyl sites for hydroxylation is 1. The van der Waals surface area contributed by atoms with Gasteiger partial charge in [-0.25, -0.2) is 0 Å². The lowest BCUT2D eigenvalue weighted by Gasteiger charge is -2.25. The Morgan fingerprint density at radius 3 is 3.00 bits per heavy atom. The first-order valence-corrected chi connectivity index (χ1v) is 11.4. The molecule has 136 valence electrons. The van der Waals surface area contributed by atoms with E-state index in [1.807, 2.05) is 18.2 Å². The van der Waals surface area contributed by atoms with Crippen LogP contribution in [0.25, 0.3) is 0 Å². The van der Waals surface area contributed by atoms with Gasteiger partial charge in [-0.3, -0.25) is 9.59 Å². The summed E-state index contributed by atoms with van der Waals surface area (Å²) in [5, 5.41) is 2.58. The average molecular weight is 476 g/mol. The maximum absolute atomic E-state index is 12.7. The quantitative estimate of drug-likeness (QED) is 0.243. The number of likely N-dealkylation sites (N-methyl/N-ethyl adjacent to an activating group) is 1. The van der Waals surface area contributed by atoms with Crippen molar-refractivity contribution in [3.63, 3.8) is 0 Å². The van der Waals surface area contributed by atoms with Gasteiger partial charge < -0.3 is 19.2 Å². The predicted molar refractivity (Wildman–Crippen MR) is 105 cm³/mol. The van der Waals surface area contributed by atoms with E-state index in [1.54, 1.807) is 4.90 Å². The smallest absolute Gasteiger partial charge is 0.255 e. The van der Waals surface area contributed by atoms with Crippen molar-refractivity contribution in [1.82, 2.24) is 10.2 Å². The molecule has 0 radical (unpaired) electrons. The molecule has 1 aromatic rings. The molecule has 0 spiro atoms. The van der Waals surface area contributed by atoms with Crippen molar-refractivity contribution in [1.29, 1.82) is 0 Å². The largest absolute Gasteiger partial charge is 0.357 e. The second kappa shape index (κ2) is 10.1. The molecule has 2 rings (SSSR count). The number of amides is 2. The molecule has 0 bridgehead atoms. The molecule has 1 unspecified atom stereocenters. The highest BCUT2D eigenvalue weighted by Crippen LogP contribution is 2.27. The minimum Gasteiger partial charge on any atom is -0.357 e. The molecular formula is C17H21IN2O4S. The lowest BCUT2D eigenvalue weighted by Crippen LogP contribution is -2.46. The molecule has 1 atom stereocenters. The number of nitrogens with zero attached hydrogens (tertiary/aromatic N) is 1. The van der Waals surface area contributed by atoms with Crippen molar-refractivity contribution in [2.75, 3.05) is 13.7 Å². The number of hydrogen-bond donors (Lipinski definition) is 1. The molecule has 1 aliphatic rings. The Bertz CT molecular complexity index is 641. The molecule has 8 heteroatoms. The number of rotatable bonds is 10. The van der Waals surface area contributed by atoms with Crippen LogP contribution in [0.2, 0.25) is 0 Å². The topological polar surface area (TPSA) is 75.7 Å². The number of fused-ring (bicyclic) bond motifs is 1. The number of nitrogens with one attached hydrogen (secondary N) is 1. The predicted octanol–water partition coefficient (Wildman–Crippen LogP) is 2.68. The fourth-order valence-corrected chi connectivity index (χ4v) is 3.71. The van der Waals surface area contributed by atoms with Crippen LogP contribution in [-0.4, -0.2) is 42.7 Å². The first-order valence-electron chi connectivity index (χ1n) is 8.10. The number of carbonyl (C=O) groups excluding carboxylic acids is 3. The van der Waals surface area contributed by atoms with Crippen LogP contribution >= 0.6 is 30.4 Å². The van der Waals surface area contributed by atoms with E-state index in [-0.39, 0.29) is 18.2 Å². The van der Waals surface area contributed by atoms with Crippen molar-refractivity contribution < 1.29 is 18.6 Å². The van der Waals surface area contributed by atoms with E-state index in [4.69, 9.17) is 4.18 Å². The Hall–Kier alpha value is -1.13. The van der Waals surface area contributed by atoms with Gasteiger partial charge in [0, 0.05) is 46.8 Å². The third-order valence-electron chi connectivity index (χ3n) is 4.22. The van der Waals surface area contributed by atoms with E-state index in [0.717, 1.165) is 30.3 Å². The third kappa shape index (κ3) is 5.18. The Balaban J connectivity index is 2.10. The molecule has 0 aromatic heterocycles. The van der Waals surface area contributed by atoms with Gasteiger partial charge in [-0.1, -0.05) is 12.1 Å².